The van der Waals surface area contributed by atoms with Crippen molar-refractivity contribution < 1.29 is 22.6 Å². The molecule has 0 saturated heterocycles. The van der Waals surface area contributed by atoms with Crippen molar-refractivity contribution in [3.8, 4) is 11.5 Å². The molecule has 0 radical (unpaired) electrons. The van der Waals surface area contributed by atoms with Crippen LogP contribution in [0, 0.1) is 0 Å². The van der Waals surface area contributed by atoms with Gasteiger partial charge in [-0.1, -0.05) is 6.92 Å². The zero-order valence-corrected chi connectivity index (χ0v) is 18.0. The van der Waals surface area contributed by atoms with Gasteiger partial charge in [0.2, 0.25) is 5.95 Å². The summed E-state index contributed by atoms with van der Waals surface area (Å²) in [7, 11) is 0. The summed E-state index contributed by atoms with van der Waals surface area (Å²) in [6.07, 6.45) is -2.89. The van der Waals surface area contributed by atoms with Gasteiger partial charge in [-0.15, -0.1) is 0 Å². The Bertz CT molecular complexity index is 1010. The molecule has 0 spiro atoms. The number of ether oxygens (including phenoxy) is 2. The van der Waals surface area contributed by atoms with Crippen LogP contribution in [-0.2, 0) is 6.18 Å². The first kappa shape index (κ1) is 23.2. The van der Waals surface area contributed by atoms with E-state index in [4.69, 9.17) is 9.47 Å². The lowest BCUT2D eigenvalue weighted by atomic mass is 10.2. The van der Waals surface area contributed by atoms with Crippen LogP contribution in [0.3, 0.4) is 0 Å². The van der Waals surface area contributed by atoms with Crippen molar-refractivity contribution in [2.45, 2.75) is 39.5 Å². The quantitative estimate of drug-likeness (QED) is 0.388. The highest BCUT2D eigenvalue weighted by atomic mass is 19.4. The SMILES string of the molecule is CCOc1ccc(Nc2nc(Nc3ccc(OC(C)CC)cc3)ncc2C(F)(F)F)cc1. The Labute approximate surface area is 184 Å². The summed E-state index contributed by atoms with van der Waals surface area (Å²) in [6, 6.07) is 13.6. The van der Waals surface area contributed by atoms with Crippen molar-refractivity contribution in [1.29, 1.82) is 0 Å². The van der Waals surface area contributed by atoms with Gasteiger partial charge in [0.15, 0.2) is 0 Å². The number of rotatable bonds is 9. The predicted octanol–water partition coefficient (Wildman–Crippen LogP) is 6.56. The number of alkyl halides is 3. The number of hydrogen-bond donors (Lipinski definition) is 2. The van der Waals surface area contributed by atoms with Crippen molar-refractivity contribution in [1.82, 2.24) is 9.97 Å². The Morgan fingerprint density at radius 2 is 1.50 bits per heavy atom. The fourth-order valence-corrected chi connectivity index (χ4v) is 2.74. The first-order valence-electron chi connectivity index (χ1n) is 10.3. The number of halogens is 3. The highest BCUT2D eigenvalue weighted by Gasteiger charge is 2.35. The maximum absolute atomic E-state index is 13.5. The third kappa shape index (κ3) is 6.26. The second-order valence-electron chi connectivity index (χ2n) is 7.02. The van der Waals surface area contributed by atoms with Crippen molar-refractivity contribution in [2.75, 3.05) is 17.2 Å². The van der Waals surface area contributed by atoms with E-state index in [1.54, 1.807) is 48.5 Å². The lowest BCUT2D eigenvalue weighted by Gasteiger charge is -2.16. The molecule has 1 atom stereocenters. The van der Waals surface area contributed by atoms with Gasteiger partial charge < -0.3 is 20.1 Å². The van der Waals surface area contributed by atoms with Crippen molar-refractivity contribution in [3.63, 3.8) is 0 Å². The van der Waals surface area contributed by atoms with E-state index in [0.29, 0.717) is 29.5 Å². The maximum Gasteiger partial charge on any atom is 0.421 e. The number of nitrogens with zero attached hydrogens (tertiary/aromatic N) is 2. The second-order valence-corrected chi connectivity index (χ2v) is 7.02. The monoisotopic (exact) mass is 446 g/mol. The van der Waals surface area contributed by atoms with Gasteiger partial charge in [-0.2, -0.15) is 18.2 Å². The number of hydrogen-bond acceptors (Lipinski definition) is 6. The van der Waals surface area contributed by atoms with E-state index in [1.807, 2.05) is 20.8 Å². The van der Waals surface area contributed by atoms with E-state index in [-0.39, 0.29) is 17.9 Å². The van der Waals surface area contributed by atoms with Gasteiger partial charge in [0, 0.05) is 17.6 Å². The van der Waals surface area contributed by atoms with Gasteiger partial charge in [-0.25, -0.2) is 4.98 Å². The molecular formula is C23H25F3N4O2. The van der Waals surface area contributed by atoms with Gasteiger partial charge in [-0.05, 0) is 68.8 Å². The van der Waals surface area contributed by atoms with E-state index in [1.165, 1.54) is 0 Å². The molecule has 0 saturated carbocycles. The fraction of sp³-hybridized carbons (Fsp3) is 0.304. The Morgan fingerprint density at radius 3 is 2.06 bits per heavy atom. The van der Waals surface area contributed by atoms with Crippen LogP contribution >= 0.6 is 0 Å². The topological polar surface area (TPSA) is 68.3 Å². The van der Waals surface area contributed by atoms with Crippen LogP contribution in [0.5, 0.6) is 11.5 Å². The van der Waals surface area contributed by atoms with Crippen LogP contribution in [0.2, 0.25) is 0 Å². The Kier molecular flexibility index (Phi) is 7.40. The summed E-state index contributed by atoms with van der Waals surface area (Å²) in [5.41, 5.74) is 0.0951. The molecule has 170 valence electrons. The van der Waals surface area contributed by atoms with Crippen LogP contribution in [0.4, 0.5) is 36.3 Å². The number of nitrogens with one attached hydrogen (secondary N) is 2. The van der Waals surface area contributed by atoms with Crippen LogP contribution in [-0.4, -0.2) is 22.7 Å². The molecule has 1 unspecified atom stereocenters. The molecule has 32 heavy (non-hydrogen) atoms. The van der Waals surface area contributed by atoms with Gasteiger partial charge in [0.25, 0.3) is 0 Å². The first-order chi connectivity index (χ1) is 15.3. The third-order valence-corrected chi connectivity index (χ3v) is 4.54. The van der Waals surface area contributed by atoms with Gasteiger partial charge in [0.1, 0.15) is 22.9 Å². The largest absolute Gasteiger partial charge is 0.494 e. The van der Waals surface area contributed by atoms with Gasteiger partial charge >= 0.3 is 6.18 Å². The van der Waals surface area contributed by atoms with E-state index in [9.17, 15) is 13.2 Å². The summed E-state index contributed by atoms with van der Waals surface area (Å²) in [5, 5.41) is 5.65. The average Bonchev–Trinajstić information content (AvgIpc) is 2.76. The second kappa shape index (κ2) is 10.2. The molecule has 0 amide bonds. The zero-order valence-electron chi connectivity index (χ0n) is 18.0. The highest BCUT2D eigenvalue weighted by Crippen LogP contribution is 2.35. The minimum absolute atomic E-state index is 0.0297. The predicted molar refractivity (Wildman–Crippen MR) is 118 cm³/mol. The van der Waals surface area contributed by atoms with Crippen LogP contribution < -0.4 is 20.1 Å². The molecule has 0 aliphatic heterocycles. The molecule has 2 N–H and O–H groups in total. The van der Waals surface area contributed by atoms with Crippen molar-refractivity contribution in [3.05, 3.63) is 60.3 Å². The maximum atomic E-state index is 13.5. The van der Waals surface area contributed by atoms with Crippen molar-refractivity contribution in [2.24, 2.45) is 0 Å². The molecule has 1 heterocycles. The Balaban J connectivity index is 1.80. The molecule has 0 aliphatic rings. The lowest BCUT2D eigenvalue weighted by molar-refractivity contribution is -0.137. The molecule has 3 aromatic rings. The number of aromatic nitrogens is 2. The summed E-state index contributed by atoms with van der Waals surface area (Å²) in [4.78, 5) is 7.89. The third-order valence-electron chi connectivity index (χ3n) is 4.54. The smallest absolute Gasteiger partial charge is 0.421 e. The fourth-order valence-electron chi connectivity index (χ4n) is 2.74. The summed E-state index contributed by atoms with van der Waals surface area (Å²) < 4.78 is 51.5. The molecule has 0 fully saturated rings. The molecule has 1 aromatic heterocycles. The average molecular weight is 446 g/mol. The summed E-state index contributed by atoms with van der Waals surface area (Å²) >= 11 is 0. The Morgan fingerprint density at radius 1 is 0.906 bits per heavy atom. The zero-order chi connectivity index (χ0) is 23.1. The van der Waals surface area contributed by atoms with Crippen LogP contribution in [0.1, 0.15) is 32.8 Å². The molecule has 3 rings (SSSR count). The number of benzene rings is 2. The molecule has 0 aliphatic carbocycles. The normalized spacial score (nSPS) is 12.2. The van der Waals surface area contributed by atoms with Gasteiger partial charge in [-0.3, -0.25) is 0 Å². The molecule has 9 heteroatoms. The van der Waals surface area contributed by atoms with E-state index in [2.05, 4.69) is 20.6 Å². The molecule has 2 aromatic carbocycles. The van der Waals surface area contributed by atoms with E-state index < -0.39 is 11.7 Å². The number of anilines is 4. The molecular weight excluding hydrogens is 421 g/mol. The van der Waals surface area contributed by atoms with Gasteiger partial charge in [0.05, 0.1) is 12.7 Å². The van der Waals surface area contributed by atoms with Crippen LogP contribution in [0.15, 0.2) is 54.7 Å². The summed E-state index contributed by atoms with van der Waals surface area (Å²) in [6.45, 7) is 6.35. The minimum atomic E-state index is -4.61. The Hall–Kier alpha value is -3.49. The lowest BCUT2D eigenvalue weighted by Crippen LogP contribution is -2.12. The summed E-state index contributed by atoms with van der Waals surface area (Å²) in [5.74, 6) is 1.01. The minimum Gasteiger partial charge on any atom is -0.494 e. The van der Waals surface area contributed by atoms with E-state index in [0.717, 1.165) is 12.6 Å². The van der Waals surface area contributed by atoms with E-state index >= 15 is 0 Å². The molecule has 6 nitrogen and oxygen atoms in total. The highest BCUT2D eigenvalue weighted by molar-refractivity contribution is 5.63. The van der Waals surface area contributed by atoms with Crippen LogP contribution in [0.25, 0.3) is 0 Å². The van der Waals surface area contributed by atoms with Crippen molar-refractivity contribution >= 4 is 23.1 Å². The standard InChI is InChI=1S/C23H25F3N4O2/c1-4-15(3)32-19-12-8-17(9-13-19)29-22-27-14-20(23(24,25)26)21(30-22)28-16-6-10-18(11-7-16)31-5-2/h6-15H,4-5H2,1-3H3,(H2,27,28,29,30). The molecule has 0 bridgehead atoms. The first-order valence-corrected chi connectivity index (χ1v) is 10.3.